The summed E-state index contributed by atoms with van der Waals surface area (Å²) in [5, 5.41) is 19.8. The molecule has 0 aliphatic heterocycles. The van der Waals surface area contributed by atoms with Crippen molar-refractivity contribution in [2.24, 2.45) is 0 Å². The van der Waals surface area contributed by atoms with Crippen LogP contribution in [0.25, 0.3) is 0 Å². The van der Waals surface area contributed by atoms with Crippen LogP contribution in [0.15, 0.2) is 18.2 Å². The van der Waals surface area contributed by atoms with Crippen molar-refractivity contribution in [3.8, 4) is 0 Å². The van der Waals surface area contributed by atoms with Gasteiger partial charge in [-0.3, -0.25) is 9.59 Å². The van der Waals surface area contributed by atoms with Crippen LogP contribution in [0.2, 0.25) is 0 Å². The first-order valence-corrected chi connectivity index (χ1v) is 6.33. The van der Waals surface area contributed by atoms with Crippen LogP contribution in [0.4, 0.5) is 4.39 Å². The first-order chi connectivity index (χ1) is 9.81. The van der Waals surface area contributed by atoms with Gasteiger partial charge in [-0.25, -0.2) is 9.18 Å². The number of benzene rings is 1. The van der Waals surface area contributed by atoms with Gasteiger partial charge in [-0.15, -0.1) is 0 Å². The van der Waals surface area contributed by atoms with Crippen molar-refractivity contribution >= 4 is 17.8 Å². The Morgan fingerprint density at radius 1 is 1.29 bits per heavy atom. The van der Waals surface area contributed by atoms with Crippen LogP contribution in [0, 0.1) is 12.7 Å². The number of nitrogens with one attached hydrogen (secondary N) is 1. The molecular weight excluding hydrogens is 281 g/mol. The minimum atomic E-state index is -1.26. The number of hydrogen-bond acceptors (Lipinski definition) is 3. The molecule has 0 spiro atoms. The van der Waals surface area contributed by atoms with Crippen LogP contribution in [0.5, 0.6) is 0 Å². The highest BCUT2D eigenvalue weighted by molar-refractivity contribution is 5.97. The Labute approximate surface area is 120 Å². The van der Waals surface area contributed by atoms with E-state index in [4.69, 9.17) is 10.2 Å². The highest BCUT2D eigenvalue weighted by atomic mass is 19.1. The van der Waals surface area contributed by atoms with E-state index in [1.807, 2.05) is 0 Å². The Hall–Kier alpha value is -2.44. The maximum atomic E-state index is 13.1. The topological polar surface area (TPSA) is 104 Å². The van der Waals surface area contributed by atoms with Crippen LogP contribution >= 0.6 is 0 Å². The number of carboxylic acids is 2. The van der Waals surface area contributed by atoms with Crippen LogP contribution in [0.3, 0.4) is 0 Å². The molecule has 1 rings (SSSR count). The Bertz CT molecular complexity index is 558. The SMILES string of the molecule is Cc1ccc(F)cc1C(=O)N[C@H](CCCC(=O)O)C(=O)O. The molecule has 0 aliphatic carbocycles. The quantitative estimate of drug-likeness (QED) is 0.708. The van der Waals surface area contributed by atoms with Crippen molar-refractivity contribution in [2.45, 2.75) is 32.2 Å². The summed E-state index contributed by atoms with van der Waals surface area (Å²) in [5.74, 6) is -3.59. The van der Waals surface area contributed by atoms with E-state index in [2.05, 4.69) is 5.32 Å². The number of carbonyl (C=O) groups is 3. The molecule has 0 bridgehead atoms. The summed E-state index contributed by atoms with van der Waals surface area (Å²) < 4.78 is 13.1. The number of carboxylic acid groups (broad SMARTS) is 2. The number of rotatable bonds is 7. The molecule has 21 heavy (non-hydrogen) atoms. The van der Waals surface area contributed by atoms with E-state index in [9.17, 15) is 18.8 Å². The Morgan fingerprint density at radius 2 is 1.95 bits per heavy atom. The second-order valence-corrected chi connectivity index (χ2v) is 4.61. The number of amides is 1. The third kappa shape index (κ3) is 5.21. The van der Waals surface area contributed by atoms with Crippen LogP contribution in [-0.4, -0.2) is 34.1 Å². The average Bonchev–Trinajstić information content (AvgIpc) is 2.39. The van der Waals surface area contributed by atoms with Gasteiger partial charge >= 0.3 is 11.9 Å². The van der Waals surface area contributed by atoms with Crippen molar-refractivity contribution in [3.63, 3.8) is 0 Å². The van der Waals surface area contributed by atoms with Gasteiger partial charge in [0.25, 0.3) is 5.91 Å². The fraction of sp³-hybridized carbons (Fsp3) is 0.357. The lowest BCUT2D eigenvalue weighted by molar-refractivity contribution is -0.140. The Balaban J connectivity index is 2.74. The molecule has 0 unspecified atom stereocenters. The predicted molar refractivity (Wildman–Crippen MR) is 71.5 cm³/mol. The average molecular weight is 297 g/mol. The van der Waals surface area contributed by atoms with E-state index >= 15 is 0 Å². The fourth-order valence-corrected chi connectivity index (χ4v) is 1.79. The fourth-order valence-electron chi connectivity index (χ4n) is 1.79. The van der Waals surface area contributed by atoms with Gasteiger partial charge in [-0.1, -0.05) is 6.07 Å². The first-order valence-electron chi connectivity index (χ1n) is 6.33. The Morgan fingerprint density at radius 3 is 2.52 bits per heavy atom. The molecule has 0 aliphatic rings. The number of hydrogen-bond donors (Lipinski definition) is 3. The minimum Gasteiger partial charge on any atom is -0.481 e. The summed E-state index contributed by atoms with van der Waals surface area (Å²) in [6.07, 6.45) is -0.0743. The highest BCUT2D eigenvalue weighted by Gasteiger charge is 2.21. The normalized spacial score (nSPS) is 11.7. The molecule has 0 heterocycles. The molecule has 1 amide bonds. The van der Waals surface area contributed by atoms with Gasteiger partial charge in [-0.2, -0.15) is 0 Å². The molecule has 6 nitrogen and oxygen atoms in total. The summed E-state index contributed by atoms with van der Waals surface area (Å²) in [5.41, 5.74) is 0.572. The summed E-state index contributed by atoms with van der Waals surface area (Å²) in [6, 6.07) is 2.44. The number of aryl methyl sites for hydroxylation is 1. The second-order valence-electron chi connectivity index (χ2n) is 4.61. The zero-order valence-corrected chi connectivity index (χ0v) is 11.4. The molecular formula is C14H16FNO5. The van der Waals surface area contributed by atoms with Gasteiger partial charge in [0.05, 0.1) is 0 Å². The molecule has 0 radical (unpaired) electrons. The van der Waals surface area contributed by atoms with Gasteiger partial charge in [0, 0.05) is 12.0 Å². The van der Waals surface area contributed by atoms with Crippen LogP contribution in [-0.2, 0) is 9.59 Å². The van der Waals surface area contributed by atoms with Crippen molar-refractivity contribution in [3.05, 3.63) is 35.1 Å². The van der Waals surface area contributed by atoms with Gasteiger partial charge < -0.3 is 15.5 Å². The van der Waals surface area contributed by atoms with E-state index in [1.54, 1.807) is 6.92 Å². The lowest BCUT2D eigenvalue weighted by atomic mass is 10.1. The lowest BCUT2D eigenvalue weighted by Crippen LogP contribution is -2.41. The standard InChI is InChI=1S/C14H16FNO5/c1-8-5-6-9(15)7-10(8)13(19)16-11(14(20)21)3-2-4-12(17)18/h5-7,11H,2-4H2,1H3,(H,16,19)(H,17,18)(H,20,21)/t11-/m1/s1. The second kappa shape index (κ2) is 7.37. The minimum absolute atomic E-state index is 0.0122. The van der Waals surface area contributed by atoms with Crippen molar-refractivity contribution in [2.75, 3.05) is 0 Å². The zero-order chi connectivity index (χ0) is 16.0. The Kier molecular flexibility index (Phi) is 5.83. The van der Waals surface area contributed by atoms with E-state index in [1.165, 1.54) is 12.1 Å². The van der Waals surface area contributed by atoms with Gasteiger partial charge in [-0.05, 0) is 37.5 Å². The zero-order valence-electron chi connectivity index (χ0n) is 11.4. The maximum Gasteiger partial charge on any atom is 0.326 e. The highest BCUT2D eigenvalue weighted by Crippen LogP contribution is 2.11. The number of halogens is 1. The van der Waals surface area contributed by atoms with E-state index in [0.717, 1.165) is 6.07 Å². The lowest BCUT2D eigenvalue weighted by Gasteiger charge is -2.15. The van der Waals surface area contributed by atoms with E-state index in [0.29, 0.717) is 5.56 Å². The summed E-state index contributed by atoms with van der Waals surface area (Å²) in [4.78, 5) is 33.4. The summed E-state index contributed by atoms with van der Waals surface area (Å²) in [7, 11) is 0. The molecule has 1 atom stereocenters. The van der Waals surface area contributed by atoms with E-state index < -0.39 is 29.7 Å². The smallest absolute Gasteiger partial charge is 0.326 e. The largest absolute Gasteiger partial charge is 0.481 e. The molecule has 7 heteroatoms. The molecule has 0 fully saturated rings. The molecule has 0 saturated carbocycles. The predicted octanol–water partition coefficient (Wildman–Crippen LogP) is 1.57. The van der Waals surface area contributed by atoms with Crippen LogP contribution < -0.4 is 5.32 Å². The van der Waals surface area contributed by atoms with Crippen molar-refractivity contribution in [1.29, 1.82) is 0 Å². The van der Waals surface area contributed by atoms with E-state index in [-0.39, 0.29) is 24.8 Å². The molecule has 3 N–H and O–H groups in total. The first kappa shape index (κ1) is 16.6. The monoisotopic (exact) mass is 297 g/mol. The van der Waals surface area contributed by atoms with Crippen LogP contribution in [0.1, 0.15) is 35.2 Å². The number of aliphatic carboxylic acids is 2. The summed E-state index contributed by atoms with van der Waals surface area (Å²) in [6.45, 7) is 1.61. The third-order valence-electron chi connectivity index (χ3n) is 2.93. The van der Waals surface area contributed by atoms with Crippen molar-refractivity contribution in [1.82, 2.24) is 5.32 Å². The van der Waals surface area contributed by atoms with Gasteiger partial charge in [0.15, 0.2) is 0 Å². The van der Waals surface area contributed by atoms with Gasteiger partial charge in [0.2, 0.25) is 0 Å². The molecule has 0 saturated heterocycles. The third-order valence-corrected chi connectivity index (χ3v) is 2.93. The summed E-state index contributed by atoms with van der Waals surface area (Å²) >= 11 is 0. The molecule has 0 aromatic heterocycles. The number of carbonyl (C=O) groups excluding carboxylic acids is 1. The molecule has 114 valence electrons. The maximum absolute atomic E-state index is 13.1. The van der Waals surface area contributed by atoms with Crippen molar-refractivity contribution < 1.29 is 29.0 Å². The van der Waals surface area contributed by atoms with Gasteiger partial charge in [0.1, 0.15) is 11.9 Å². The molecule has 1 aromatic carbocycles. The molecule has 1 aromatic rings.